The molecule has 0 fully saturated rings. The average molecular weight is 306 g/mol. The summed E-state index contributed by atoms with van der Waals surface area (Å²) in [5.74, 6) is 0. The molecule has 0 spiro atoms. The molecule has 19 heavy (non-hydrogen) atoms. The number of hydroxylamine groups is 2. The molecule has 0 aromatic heterocycles. The maximum absolute atomic E-state index is 9.23. The van der Waals surface area contributed by atoms with E-state index in [9.17, 15) is 4.89 Å². The summed E-state index contributed by atoms with van der Waals surface area (Å²) >= 11 is 5.54. The summed E-state index contributed by atoms with van der Waals surface area (Å²) in [4.78, 5) is 9.23. The fourth-order valence-electron chi connectivity index (χ4n) is 1.78. The minimum atomic E-state index is -1.98. The van der Waals surface area contributed by atoms with Gasteiger partial charge in [-0.25, -0.2) is 4.62 Å². The minimum absolute atomic E-state index is 0.0293. The van der Waals surface area contributed by atoms with Crippen molar-refractivity contribution < 1.29 is 14.3 Å². The first-order valence-corrected chi connectivity index (χ1v) is 8.25. The lowest BCUT2D eigenvalue weighted by molar-refractivity contribution is -0.265. The van der Waals surface area contributed by atoms with E-state index in [1.54, 1.807) is 5.06 Å². The topological polar surface area (TPSA) is 41.9 Å². The predicted octanol–water partition coefficient (Wildman–Crippen LogP) is 4.04. The molecule has 1 aromatic carbocycles. The van der Waals surface area contributed by atoms with Crippen LogP contribution in [0.1, 0.15) is 33.3 Å². The Labute approximate surface area is 120 Å². The number of halogens is 1. The number of nitrogens with zero attached hydrogens (tertiary/aromatic N) is 1. The van der Waals surface area contributed by atoms with E-state index in [2.05, 4.69) is 0 Å². The Morgan fingerprint density at radius 2 is 1.89 bits per heavy atom. The van der Waals surface area contributed by atoms with Crippen molar-refractivity contribution in [2.45, 2.75) is 46.1 Å². The van der Waals surface area contributed by atoms with Crippen LogP contribution in [0, 0.1) is 0 Å². The first kappa shape index (κ1) is 16.8. The molecule has 0 radical (unpaired) electrons. The summed E-state index contributed by atoms with van der Waals surface area (Å²) in [6.07, 6.45) is 0. The van der Waals surface area contributed by atoms with E-state index >= 15 is 0 Å². The van der Waals surface area contributed by atoms with Crippen molar-refractivity contribution in [3.05, 3.63) is 35.9 Å². The number of ether oxygens (including phenoxy) is 1. The molecular formula is C13H21ClNO3P. The van der Waals surface area contributed by atoms with Gasteiger partial charge >= 0.3 is 0 Å². The smallest absolute Gasteiger partial charge is 0.292 e. The maximum Gasteiger partial charge on any atom is 0.292 e. The summed E-state index contributed by atoms with van der Waals surface area (Å²) in [5.41, 5.74) is 0.388. The van der Waals surface area contributed by atoms with Crippen molar-refractivity contribution in [1.82, 2.24) is 5.06 Å². The Kier molecular flexibility index (Phi) is 6.67. The molecule has 0 aliphatic carbocycles. The van der Waals surface area contributed by atoms with Crippen LogP contribution < -0.4 is 0 Å². The van der Waals surface area contributed by atoms with Crippen molar-refractivity contribution in [2.24, 2.45) is 0 Å². The van der Waals surface area contributed by atoms with Crippen molar-refractivity contribution in [1.29, 1.82) is 0 Å². The lowest BCUT2D eigenvalue weighted by Gasteiger charge is -2.39. The highest BCUT2D eigenvalue weighted by atomic mass is 35.7. The second-order valence-corrected chi connectivity index (χ2v) is 6.43. The van der Waals surface area contributed by atoms with Gasteiger partial charge in [-0.15, -0.1) is 5.06 Å². The van der Waals surface area contributed by atoms with Gasteiger partial charge < -0.3 is 9.63 Å². The van der Waals surface area contributed by atoms with Crippen LogP contribution in [-0.2, 0) is 16.0 Å². The number of benzene rings is 1. The zero-order chi connectivity index (χ0) is 14.5. The fraction of sp³-hybridized carbons (Fsp3) is 0.538. The van der Waals surface area contributed by atoms with E-state index in [0.29, 0.717) is 6.61 Å². The SMILES string of the molecule is CC(C)N(OP(O)Cl)C(C)(C)OCc1ccccc1. The highest BCUT2D eigenvalue weighted by Gasteiger charge is 2.33. The molecule has 4 nitrogen and oxygen atoms in total. The average Bonchev–Trinajstić information content (AvgIpc) is 2.34. The molecule has 108 valence electrons. The normalized spacial score (nSPS) is 14.1. The van der Waals surface area contributed by atoms with Gasteiger partial charge in [0, 0.05) is 6.04 Å². The van der Waals surface area contributed by atoms with E-state index in [1.165, 1.54) is 0 Å². The standard InChI is InChI=1S/C13H21ClNO3P/c1-11(2)15(18-19(14)16)13(3,4)17-10-12-8-6-5-7-9-12/h5-9,11,16H,10H2,1-4H3. The molecule has 0 saturated carbocycles. The summed E-state index contributed by atoms with van der Waals surface area (Å²) in [5, 5.41) is 1.58. The largest absolute Gasteiger partial charge is 0.354 e. The molecule has 1 rings (SSSR count). The van der Waals surface area contributed by atoms with Crippen LogP contribution in [0.4, 0.5) is 0 Å². The van der Waals surface area contributed by atoms with Crippen LogP contribution in [0.15, 0.2) is 30.3 Å². The maximum atomic E-state index is 9.23. The molecule has 0 amide bonds. The summed E-state index contributed by atoms with van der Waals surface area (Å²) in [7, 11) is -1.98. The van der Waals surface area contributed by atoms with Gasteiger partial charge in [-0.3, -0.25) is 0 Å². The van der Waals surface area contributed by atoms with Crippen LogP contribution in [0.25, 0.3) is 0 Å². The third-order valence-electron chi connectivity index (χ3n) is 2.59. The van der Waals surface area contributed by atoms with Gasteiger partial charge in [0.2, 0.25) is 0 Å². The van der Waals surface area contributed by atoms with Crippen LogP contribution >= 0.6 is 19.0 Å². The summed E-state index contributed by atoms with van der Waals surface area (Å²) < 4.78 is 11.1. The second-order valence-electron chi connectivity index (χ2n) is 4.95. The summed E-state index contributed by atoms with van der Waals surface area (Å²) in [6.45, 7) is 8.12. The Hall–Kier alpha value is -0.220. The third-order valence-corrected chi connectivity index (χ3v) is 3.09. The van der Waals surface area contributed by atoms with Crippen LogP contribution in [0.2, 0.25) is 0 Å². The highest BCUT2D eigenvalue weighted by molar-refractivity contribution is 7.75. The zero-order valence-electron chi connectivity index (χ0n) is 11.7. The second kappa shape index (κ2) is 7.53. The molecule has 1 N–H and O–H groups in total. The van der Waals surface area contributed by atoms with Gasteiger partial charge in [0.25, 0.3) is 7.73 Å². The lowest BCUT2D eigenvalue weighted by atomic mass is 10.2. The van der Waals surface area contributed by atoms with E-state index in [4.69, 9.17) is 20.6 Å². The van der Waals surface area contributed by atoms with Crippen LogP contribution in [-0.4, -0.2) is 21.7 Å². The molecule has 1 unspecified atom stereocenters. The first-order valence-electron chi connectivity index (χ1n) is 6.13. The lowest BCUT2D eigenvalue weighted by Crippen LogP contribution is -2.48. The molecular weight excluding hydrogens is 285 g/mol. The molecule has 1 aromatic rings. The molecule has 0 aliphatic rings. The van der Waals surface area contributed by atoms with Crippen molar-refractivity contribution in [2.75, 3.05) is 0 Å². The zero-order valence-corrected chi connectivity index (χ0v) is 13.4. The highest BCUT2D eigenvalue weighted by Crippen LogP contribution is 2.41. The molecule has 6 heteroatoms. The Balaban J connectivity index is 2.66. The van der Waals surface area contributed by atoms with Crippen molar-refractivity contribution in [3.8, 4) is 0 Å². The minimum Gasteiger partial charge on any atom is -0.354 e. The van der Waals surface area contributed by atoms with E-state index in [-0.39, 0.29) is 6.04 Å². The van der Waals surface area contributed by atoms with Gasteiger partial charge in [0.1, 0.15) is 5.72 Å². The predicted molar refractivity (Wildman–Crippen MR) is 78.4 cm³/mol. The first-order chi connectivity index (χ1) is 8.83. The monoisotopic (exact) mass is 305 g/mol. The fourth-order valence-corrected chi connectivity index (χ4v) is 2.51. The van der Waals surface area contributed by atoms with Crippen LogP contribution in [0.3, 0.4) is 0 Å². The third kappa shape index (κ3) is 5.74. The van der Waals surface area contributed by atoms with Gasteiger partial charge in [0.05, 0.1) is 6.61 Å². The van der Waals surface area contributed by atoms with E-state index < -0.39 is 13.5 Å². The van der Waals surface area contributed by atoms with Crippen LogP contribution in [0.5, 0.6) is 0 Å². The number of rotatable bonds is 7. The van der Waals surface area contributed by atoms with Crippen molar-refractivity contribution >= 4 is 19.0 Å². The molecule has 0 saturated heterocycles. The summed E-state index contributed by atoms with van der Waals surface area (Å²) in [6, 6.07) is 9.92. The molecule has 0 aliphatic heterocycles. The Bertz CT molecular complexity index is 373. The Morgan fingerprint density at radius 3 is 2.37 bits per heavy atom. The van der Waals surface area contributed by atoms with Gasteiger partial charge in [-0.1, -0.05) is 30.3 Å². The number of hydrogen-bond donors (Lipinski definition) is 1. The molecule has 0 bridgehead atoms. The van der Waals surface area contributed by atoms with E-state index in [0.717, 1.165) is 5.56 Å². The molecule has 0 heterocycles. The number of hydrogen-bond acceptors (Lipinski definition) is 4. The van der Waals surface area contributed by atoms with Gasteiger partial charge in [0.15, 0.2) is 0 Å². The van der Waals surface area contributed by atoms with Gasteiger partial charge in [-0.05, 0) is 44.5 Å². The van der Waals surface area contributed by atoms with E-state index in [1.807, 2.05) is 58.0 Å². The quantitative estimate of drug-likeness (QED) is 0.469. The van der Waals surface area contributed by atoms with Gasteiger partial charge in [-0.2, -0.15) is 0 Å². The molecule has 1 atom stereocenters. The Morgan fingerprint density at radius 1 is 1.32 bits per heavy atom. The van der Waals surface area contributed by atoms with Crippen molar-refractivity contribution in [3.63, 3.8) is 0 Å².